The minimum atomic E-state index is -0.00598. The van der Waals surface area contributed by atoms with Crippen LogP contribution in [-0.2, 0) is 4.79 Å². The number of carbonyl (C=O) groups is 1. The Morgan fingerprint density at radius 3 is 2.88 bits per heavy atom. The molecule has 4 nitrogen and oxygen atoms in total. The largest absolute Gasteiger partial charge is 0.396 e. The zero-order chi connectivity index (χ0) is 12.7. The summed E-state index contributed by atoms with van der Waals surface area (Å²) in [6.45, 7) is 0.112. The van der Waals surface area contributed by atoms with Crippen molar-refractivity contribution in [2.75, 3.05) is 18.6 Å². The van der Waals surface area contributed by atoms with Gasteiger partial charge in [-0.3, -0.25) is 4.79 Å². The highest BCUT2D eigenvalue weighted by atomic mass is 16.3. The monoisotopic (exact) mass is 232 g/mol. The Bertz CT molecular complexity index is 424. The van der Waals surface area contributed by atoms with Gasteiger partial charge in [-0.1, -0.05) is 6.07 Å². The molecule has 0 heterocycles. The van der Waals surface area contributed by atoms with E-state index in [1.807, 2.05) is 6.07 Å². The molecule has 1 N–H and O–H groups in total. The maximum absolute atomic E-state index is 11.8. The lowest BCUT2D eigenvalue weighted by molar-refractivity contribution is -0.118. The number of aliphatic hydroxyl groups excluding tert-OH is 1. The van der Waals surface area contributed by atoms with Crippen LogP contribution in [0.5, 0.6) is 0 Å². The van der Waals surface area contributed by atoms with Gasteiger partial charge in [-0.25, -0.2) is 0 Å². The maximum atomic E-state index is 11.8. The average Bonchev–Trinajstić information content (AvgIpc) is 2.38. The van der Waals surface area contributed by atoms with E-state index in [1.165, 1.54) is 4.90 Å². The summed E-state index contributed by atoms with van der Waals surface area (Å²) in [5.41, 5.74) is 1.26. The fourth-order valence-corrected chi connectivity index (χ4v) is 1.48. The van der Waals surface area contributed by atoms with E-state index in [4.69, 9.17) is 10.4 Å². The molecule has 4 heteroatoms. The van der Waals surface area contributed by atoms with Gasteiger partial charge < -0.3 is 10.0 Å². The molecule has 0 bridgehead atoms. The summed E-state index contributed by atoms with van der Waals surface area (Å²) in [7, 11) is 1.69. The molecule has 0 aliphatic carbocycles. The van der Waals surface area contributed by atoms with Crippen LogP contribution in [0.4, 0.5) is 5.69 Å². The van der Waals surface area contributed by atoms with Crippen LogP contribution in [0.2, 0.25) is 0 Å². The number of benzene rings is 1. The Labute approximate surface area is 101 Å². The third-order valence-electron chi connectivity index (χ3n) is 2.54. The molecule has 0 aliphatic rings. The van der Waals surface area contributed by atoms with Gasteiger partial charge in [0.25, 0.3) is 0 Å². The van der Waals surface area contributed by atoms with Crippen LogP contribution < -0.4 is 4.90 Å². The fraction of sp³-hybridized carbons (Fsp3) is 0.385. The van der Waals surface area contributed by atoms with Crippen LogP contribution in [0, 0.1) is 11.3 Å². The number of rotatable bonds is 5. The molecule has 0 atom stereocenters. The van der Waals surface area contributed by atoms with Crippen molar-refractivity contribution in [2.24, 2.45) is 0 Å². The highest BCUT2D eigenvalue weighted by Crippen LogP contribution is 2.15. The van der Waals surface area contributed by atoms with Crippen molar-refractivity contribution < 1.29 is 9.90 Å². The average molecular weight is 232 g/mol. The number of hydrogen-bond donors (Lipinski definition) is 1. The van der Waals surface area contributed by atoms with Crippen molar-refractivity contribution in [3.63, 3.8) is 0 Å². The Hall–Kier alpha value is -1.86. The van der Waals surface area contributed by atoms with E-state index in [1.54, 1.807) is 31.3 Å². The normalized spacial score (nSPS) is 9.71. The molecule has 0 aromatic heterocycles. The van der Waals surface area contributed by atoms with Crippen LogP contribution in [0.25, 0.3) is 0 Å². The molecule has 0 unspecified atom stereocenters. The van der Waals surface area contributed by atoms with Gasteiger partial charge in [0.15, 0.2) is 0 Å². The summed E-state index contributed by atoms with van der Waals surface area (Å²) in [5, 5.41) is 17.4. The first-order valence-electron chi connectivity index (χ1n) is 5.56. The highest BCUT2D eigenvalue weighted by molar-refractivity contribution is 5.92. The predicted molar refractivity (Wildman–Crippen MR) is 65.5 cm³/mol. The second-order valence-electron chi connectivity index (χ2n) is 3.80. The lowest BCUT2D eigenvalue weighted by Gasteiger charge is -2.17. The second-order valence-corrected chi connectivity index (χ2v) is 3.80. The van der Waals surface area contributed by atoms with E-state index in [-0.39, 0.29) is 12.5 Å². The number of unbranched alkanes of at least 4 members (excludes halogenated alkanes) is 1. The van der Waals surface area contributed by atoms with E-state index in [9.17, 15) is 4.79 Å². The van der Waals surface area contributed by atoms with Crippen molar-refractivity contribution in [3.05, 3.63) is 29.8 Å². The number of nitriles is 1. The fourth-order valence-electron chi connectivity index (χ4n) is 1.48. The number of aliphatic hydroxyl groups is 1. The number of carbonyl (C=O) groups excluding carboxylic acids is 1. The van der Waals surface area contributed by atoms with Gasteiger partial charge in [-0.05, 0) is 31.0 Å². The van der Waals surface area contributed by atoms with Gasteiger partial charge in [0.1, 0.15) is 0 Å². The summed E-state index contributed by atoms with van der Waals surface area (Å²) >= 11 is 0. The third-order valence-corrected chi connectivity index (χ3v) is 2.54. The van der Waals surface area contributed by atoms with E-state index in [0.717, 1.165) is 5.69 Å². The standard InChI is InChI=1S/C13H16N2O2/c1-15(13(17)7-2-3-8-16)12-6-4-5-11(9-12)10-14/h4-6,9,16H,2-3,7-8H2,1H3. The molecule has 17 heavy (non-hydrogen) atoms. The molecule has 1 rings (SSSR count). The molecular weight excluding hydrogens is 216 g/mol. The third kappa shape index (κ3) is 3.89. The van der Waals surface area contributed by atoms with Crippen LogP contribution >= 0.6 is 0 Å². The van der Waals surface area contributed by atoms with Crippen molar-refractivity contribution in [1.29, 1.82) is 5.26 Å². The Kier molecular flexibility index (Phi) is 5.18. The summed E-state index contributed by atoms with van der Waals surface area (Å²) < 4.78 is 0. The molecular formula is C13H16N2O2. The van der Waals surface area contributed by atoms with Crippen molar-refractivity contribution in [1.82, 2.24) is 0 Å². The Morgan fingerprint density at radius 1 is 1.47 bits per heavy atom. The van der Waals surface area contributed by atoms with Crippen molar-refractivity contribution in [3.8, 4) is 6.07 Å². The molecule has 0 aliphatic heterocycles. The summed E-state index contributed by atoms with van der Waals surface area (Å²) in [6, 6.07) is 8.98. The molecule has 1 aromatic carbocycles. The smallest absolute Gasteiger partial charge is 0.226 e. The van der Waals surface area contributed by atoms with Crippen molar-refractivity contribution >= 4 is 11.6 Å². The second kappa shape index (κ2) is 6.66. The van der Waals surface area contributed by atoms with E-state index < -0.39 is 0 Å². The van der Waals surface area contributed by atoms with E-state index in [0.29, 0.717) is 24.8 Å². The van der Waals surface area contributed by atoms with Crippen LogP contribution in [-0.4, -0.2) is 24.7 Å². The van der Waals surface area contributed by atoms with E-state index >= 15 is 0 Å². The zero-order valence-electron chi connectivity index (χ0n) is 9.89. The Balaban J connectivity index is 2.65. The molecule has 0 saturated heterocycles. The molecule has 0 saturated carbocycles. The van der Waals surface area contributed by atoms with Crippen molar-refractivity contribution in [2.45, 2.75) is 19.3 Å². The molecule has 1 aromatic rings. The number of nitrogens with zero attached hydrogens (tertiary/aromatic N) is 2. The molecule has 1 amide bonds. The van der Waals surface area contributed by atoms with Gasteiger partial charge in [-0.15, -0.1) is 0 Å². The zero-order valence-corrected chi connectivity index (χ0v) is 9.89. The quantitative estimate of drug-likeness (QED) is 0.785. The topological polar surface area (TPSA) is 64.3 Å². The summed E-state index contributed by atoms with van der Waals surface area (Å²) in [4.78, 5) is 13.3. The number of hydrogen-bond acceptors (Lipinski definition) is 3. The van der Waals surface area contributed by atoms with Gasteiger partial charge in [0.2, 0.25) is 5.91 Å². The SMILES string of the molecule is CN(C(=O)CCCCO)c1cccc(C#N)c1. The van der Waals surface area contributed by atoms with Gasteiger partial charge in [0.05, 0.1) is 11.6 Å². The first kappa shape index (κ1) is 13.2. The molecule has 0 spiro atoms. The van der Waals surface area contributed by atoms with Crippen LogP contribution in [0.15, 0.2) is 24.3 Å². The summed E-state index contributed by atoms with van der Waals surface area (Å²) in [5.74, 6) is -0.00598. The lowest BCUT2D eigenvalue weighted by atomic mass is 10.2. The minimum Gasteiger partial charge on any atom is -0.396 e. The highest BCUT2D eigenvalue weighted by Gasteiger charge is 2.10. The first-order chi connectivity index (χ1) is 8.19. The van der Waals surface area contributed by atoms with Crippen LogP contribution in [0.1, 0.15) is 24.8 Å². The van der Waals surface area contributed by atoms with Gasteiger partial charge in [0, 0.05) is 25.8 Å². The molecule has 90 valence electrons. The van der Waals surface area contributed by atoms with Gasteiger partial charge >= 0.3 is 0 Å². The predicted octanol–water partition coefficient (Wildman–Crippen LogP) is 1.68. The van der Waals surface area contributed by atoms with E-state index in [2.05, 4.69) is 0 Å². The number of amides is 1. The lowest BCUT2D eigenvalue weighted by Crippen LogP contribution is -2.25. The summed E-state index contributed by atoms with van der Waals surface area (Å²) in [6.07, 6.45) is 1.73. The minimum absolute atomic E-state index is 0.00598. The molecule has 0 radical (unpaired) electrons. The number of anilines is 1. The molecule has 0 fully saturated rings. The Morgan fingerprint density at radius 2 is 2.24 bits per heavy atom. The van der Waals surface area contributed by atoms with Gasteiger partial charge in [-0.2, -0.15) is 5.26 Å². The maximum Gasteiger partial charge on any atom is 0.226 e. The van der Waals surface area contributed by atoms with Crippen LogP contribution in [0.3, 0.4) is 0 Å². The first-order valence-corrected chi connectivity index (χ1v) is 5.56.